The molecule has 1 rings (SSSR count). The molecule has 0 saturated carbocycles. The molecule has 0 spiro atoms. The Morgan fingerprint density at radius 1 is 1.41 bits per heavy atom. The Labute approximate surface area is 111 Å². The molecule has 96 valence electrons. The van der Waals surface area contributed by atoms with E-state index < -0.39 is 0 Å². The van der Waals surface area contributed by atoms with E-state index in [0.29, 0.717) is 45.3 Å². The third-order valence-corrected chi connectivity index (χ3v) is 3.49. The minimum Gasteiger partial charge on any atom is -0.377 e. The molecule has 1 saturated heterocycles. The van der Waals surface area contributed by atoms with Crippen molar-refractivity contribution in [3.63, 3.8) is 0 Å². The van der Waals surface area contributed by atoms with Gasteiger partial charge in [0.2, 0.25) is 5.91 Å². The Kier molecular flexibility index (Phi) is 7.25. The van der Waals surface area contributed by atoms with Crippen molar-refractivity contribution in [3.8, 4) is 12.3 Å². The zero-order chi connectivity index (χ0) is 12.5. The largest absolute Gasteiger partial charge is 0.377 e. The van der Waals surface area contributed by atoms with Gasteiger partial charge in [-0.05, 0) is 5.92 Å². The van der Waals surface area contributed by atoms with E-state index in [1.54, 1.807) is 0 Å². The zero-order valence-corrected chi connectivity index (χ0v) is 11.4. The van der Waals surface area contributed by atoms with Gasteiger partial charge in [0.25, 0.3) is 0 Å². The Balaban J connectivity index is 2.00. The molecule has 5 heteroatoms. The Morgan fingerprint density at radius 2 is 2.18 bits per heavy atom. The van der Waals surface area contributed by atoms with Gasteiger partial charge >= 0.3 is 0 Å². The first kappa shape index (κ1) is 14.5. The van der Waals surface area contributed by atoms with Crippen LogP contribution >= 0.6 is 15.9 Å². The molecule has 1 amide bonds. The van der Waals surface area contributed by atoms with Crippen LogP contribution in [0.15, 0.2) is 0 Å². The third-order valence-electron chi connectivity index (χ3n) is 2.58. The first-order valence-electron chi connectivity index (χ1n) is 5.70. The number of halogens is 1. The van der Waals surface area contributed by atoms with E-state index in [1.807, 2.05) is 4.90 Å². The van der Waals surface area contributed by atoms with Gasteiger partial charge in [-0.25, -0.2) is 0 Å². The van der Waals surface area contributed by atoms with Gasteiger partial charge in [-0.15, -0.1) is 6.42 Å². The lowest BCUT2D eigenvalue weighted by molar-refractivity contribution is -0.128. The van der Waals surface area contributed by atoms with Gasteiger partial charge in [0.15, 0.2) is 0 Å². The van der Waals surface area contributed by atoms with Crippen molar-refractivity contribution >= 4 is 21.8 Å². The van der Waals surface area contributed by atoms with Gasteiger partial charge in [0, 0.05) is 24.8 Å². The molecular weight excluding hydrogens is 286 g/mol. The second kappa shape index (κ2) is 8.51. The van der Waals surface area contributed by atoms with E-state index >= 15 is 0 Å². The van der Waals surface area contributed by atoms with Crippen LogP contribution in [0.3, 0.4) is 0 Å². The van der Waals surface area contributed by atoms with Crippen LogP contribution in [-0.2, 0) is 14.3 Å². The molecule has 4 nitrogen and oxygen atoms in total. The predicted molar refractivity (Wildman–Crippen MR) is 69.0 cm³/mol. The smallest absolute Gasteiger partial charge is 0.223 e. The molecule has 0 N–H and O–H groups in total. The number of rotatable bonds is 8. The SMILES string of the molecule is C#CCOCCOCCN1CC(CBr)CC1=O. The number of carbonyl (C=O) groups excluding carboxylic acids is 1. The van der Waals surface area contributed by atoms with E-state index in [2.05, 4.69) is 21.9 Å². The van der Waals surface area contributed by atoms with Gasteiger partial charge in [-0.3, -0.25) is 4.79 Å². The van der Waals surface area contributed by atoms with Crippen molar-refractivity contribution in [2.75, 3.05) is 44.8 Å². The lowest BCUT2D eigenvalue weighted by Crippen LogP contribution is -2.29. The van der Waals surface area contributed by atoms with E-state index in [4.69, 9.17) is 15.9 Å². The first-order valence-corrected chi connectivity index (χ1v) is 6.82. The molecule has 0 radical (unpaired) electrons. The van der Waals surface area contributed by atoms with E-state index in [0.717, 1.165) is 11.9 Å². The Bertz CT molecular complexity index is 277. The number of likely N-dealkylation sites (tertiary alicyclic amines) is 1. The molecule has 1 unspecified atom stereocenters. The van der Waals surface area contributed by atoms with Gasteiger partial charge in [0.05, 0.1) is 19.8 Å². The molecule has 1 atom stereocenters. The summed E-state index contributed by atoms with van der Waals surface area (Å²) in [7, 11) is 0. The normalized spacial score (nSPS) is 19.6. The minimum atomic E-state index is 0.224. The van der Waals surface area contributed by atoms with Crippen LogP contribution in [0.1, 0.15) is 6.42 Å². The highest BCUT2D eigenvalue weighted by molar-refractivity contribution is 9.09. The number of amides is 1. The van der Waals surface area contributed by atoms with Crippen molar-refractivity contribution in [3.05, 3.63) is 0 Å². The van der Waals surface area contributed by atoms with Crippen LogP contribution in [0, 0.1) is 18.3 Å². The fourth-order valence-electron chi connectivity index (χ4n) is 1.70. The summed E-state index contributed by atoms with van der Waals surface area (Å²) < 4.78 is 10.4. The van der Waals surface area contributed by atoms with Gasteiger partial charge in [-0.2, -0.15) is 0 Å². The van der Waals surface area contributed by atoms with Crippen LogP contribution < -0.4 is 0 Å². The van der Waals surface area contributed by atoms with Crippen LogP contribution in [0.2, 0.25) is 0 Å². The average Bonchev–Trinajstić information content (AvgIpc) is 2.69. The van der Waals surface area contributed by atoms with Crippen molar-refractivity contribution in [1.29, 1.82) is 0 Å². The predicted octanol–water partition coefficient (Wildman–Crippen LogP) is 0.896. The standard InChI is InChI=1S/C12H18BrNO3/c1-2-4-16-6-7-17-5-3-14-10-11(9-13)8-12(14)15/h1,11H,3-10H2. The molecule has 1 fully saturated rings. The maximum atomic E-state index is 11.6. The number of alkyl halides is 1. The molecule has 1 aliphatic heterocycles. The first-order chi connectivity index (χ1) is 8.27. The van der Waals surface area contributed by atoms with Crippen molar-refractivity contribution in [2.24, 2.45) is 5.92 Å². The van der Waals surface area contributed by atoms with Gasteiger partial charge < -0.3 is 14.4 Å². The summed E-state index contributed by atoms with van der Waals surface area (Å²) in [6.07, 6.45) is 5.68. The van der Waals surface area contributed by atoms with Crippen LogP contribution in [-0.4, -0.2) is 55.7 Å². The summed E-state index contributed by atoms with van der Waals surface area (Å²) in [5, 5.41) is 0.885. The third kappa shape index (κ3) is 5.53. The monoisotopic (exact) mass is 303 g/mol. The fraction of sp³-hybridized carbons (Fsp3) is 0.750. The fourth-order valence-corrected chi connectivity index (χ4v) is 2.13. The number of carbonyl (C=O) groups is 1. The summed E-state index contributed by atoms with van der Waals surface area (Å²) in [6, 6.07) is 0. The summed E-state index contributed by atoms with van der Waals surface area (Å²) in [6.45, 7) is 3.40. The molecule has 1 heterocycles. The second-order valence-corrected chi connectivity index (χ2v) is 4.58. The maximum absolute atomic E-state index is 11.6. The highest BCUT2D eigenvalue weighted by Crippen LogP contribution is 2.18. The maximum Gasteiger partial charge on any atom is 0.223 e. The topological polar surface area (TPSA) is 38.8 Å². The summed E-state index contributed by atoms with van der Waals surface area (Å²) in [4.78, 5) is 13.4. The molecule has 0 aliphatic carbocycles. The lowest BCUT2D eigenvalue weighted by Gasteiger charge is -2.16. The lowest BCUT2D eigenvalue weighted by atomic mass is 10.2. The summed E-state index contributed by atoms with van der Waals surface area (Å²) in [5.74, 6) is 3.05. The van der Waals surface area contributed by atoms with Crippen molar-refractivity contribution < 1.29 is 14.3 Å². The summed E-state index contributed by atoms with van der Waals surface area (Å²) >= 11 is 3.41. The number of ether oxygens (including phenoxy) is 2. The molecule has 1 aliphatic rings. The van der Waals surface area contributed by atoms with Crippen molar-refractivity contribution in [2.45, 2.75) is 6.42 Å². The highest BCUT2D eigenvalue weighted by atomic mass is 79.9. The molecule has 0 aromatic heterocycles. The molecule has 17 heavy (non-hydrogen) atoms. The van der Waals surface area contributed by atoms with Crippen molar-refractivity contribution in [1.82, 2.24) is 4.90 Å². The summed E-state index contributed by atoms with van der Waals surface area (Å²) in [5.41, 5.74) is 0. The zero-order valence-electron chi connectivity index (χ0n) is 9.86. The molecular formula is C12H18BrNO3. The number of terminal acetylenes is 1. The Morgan fingerprint density at radius 3 is 2.82 bits per heavy atom. The van der Waals surface area contributed by atoms with Gasteiger partial charge in [-0.1, -0.05) is 21.9 Å². The highest BCUT2D eigenvalue weighted by Gasteiger charge is 2.27. The number of hydrogen-bond donors (Lipinski definition) is 0. The second-order valence-electron chi connectivity index (χ2n) is 3.93. The van der Waals surface area contributed by atoms with Crippen LogP contribution in [0.4, 0.5) is 0 Å². The number of nitrogens with zero attached hydrogens (tertiary/aromatic N) is 1. The molecule has 0 bridgehead atoms. The van der Waals surface area contributed by atoms with E-state index in [-0.39, 0.29) is 5.91 Å². The van der Waals surface area contributed by atoms with Crippen LogP contribution in [0.25, 0.3) is 0 Å². The quantitative estimate of drug-likeness (QED) is 0.380. The van der Waals surface area contributed by atoms with E-state index in [9.17, 15) is 4.79 Å². The average molecular weight is 304 g/mol. The van der Waals surface area contributed by atoms with Gasteiger partial charge in [0.1, 0.15) is 6.61 Å². The minimum absolute atomic E-state index is 0.224. The van der Waals surface area contributed by atoms with Crippen LogP contribution in [0.5, 0.6) is 0 Å². The Hall–Kier alpha value is -0.570. The number of hydrogen-bond acceptors (Lipinski definition) is 3. The van der Waals surface area contributed by atoms with E-state index in [1.165, 1.54) is 0 Å². The molecule has 0 aromatic carbocycles. The molecule has 0 aromatic rings.